The Hall–Kier alpha value is -2.89. The number of nitrogens with zero attached hydrogens (tertiary/aromatic N) is 3. The van der Waals surface area contributed by atoms with E-state index in [-0.39, 0.29) is 5.91 Å². The van der Waals surface area contributed by atoms with Crippen LogP contribution >= 0.6 is 0 Å². The molecule has 0 saturated carbocycles. The molecule has 3 aromatic rings. The van der Waals surface area contributed by atoms with Crippen LogP contribution in [0.3, 0.4) is 0 Å². The first kappa shape index (κ1) is 17.0. The maximum atomic E-state index is 12.4. The fourth-order valence-electron chi connectivity index (χ4n) is 2.77. The third-order valence-corrected chi connectivity index (χ3v) is 4.09. The molecular weight excluding hydrogens is 316 g/mol. The molecule has 0 saturated heterocycles. The van der Waals surface area contributed by atoms with Gasteiger partial charge < -0.3 is 4.74 Å². The Balaban J connectivity index is 1.69. The van der Waals surface area contributed by atoms with E-state index in [1.54, 1.807) is 17.5 Å². The van der Waals surface area contributed by atoms with Crippen molar-refractivity contribution in [2.75, 3.05) is 5.32 Å². The molecule has 0 aliphatic rings. The van der Waals surface area contributed by atoms with Gasteiger partial charge in [0.25, 0.3) is 5.91 Å². The lowest BCUT2D eigenvalue weighted by Crippen LogP contribution is -2.30. The molecule has 1 aromatic carbocycles. The number of carbonyl (C=O) groups is 1. The molecule has 25 heavy (non-hydrogen) atoms. The van der Waals surface area contributed by atoms with Crippen LogP contribution in [0.15, 0.2) is 42.6 Å². The molecule has 3 rings (SSSR count). The fourth-order valence-corrected chi connectivity index (χ4v) is 2.77. The molecule has 0 aliphatic carbocycles. The highest BCUT2D eigenvalue weighted by Crippen LogP contribution is 2.24. The average Bonchev–Trinajstić information content (AvgIpc) is 2.97. The third-order valence-electron chi connectivity index (χ3n) is 4.09. The Kier molecular flexibility index (Phi) is 4.70. The molecule has 0 bridgehead atoms. The van der Waals surface area contributed by atoms with Gasteiger partial charge in [-0.15, -0.1) is 10.2 Å². The van der Waals surface area contributed by atoms with Gasteiger partial charge in [0.15, 0.2) is 11.8 Å². The lowest BCUT2D eigenvalue weighted by molar-refractivity contribution is -0.122. The summed E-state index contributed by atoms with van der Waals surface area (Å²) in [5.41, 5.74) is 3.11. The minimum atomic E-state index is -0.652. The largest absolute Gasteiger partial charge is 0.481 e. The van der Waals surface area contributed by atoms with E-state index < -0.39 is 6.10 Å². The van der Waals surface area contributed by atoms with Gasteiger partial charge in [-0.3, -0.25) is 14.5 Å². The Morgan fingerprint density at radius 3 is 2.68 bits per heavy atom. The first-order chi connectivity index (χ1) is 12.0. The fraction of sp³-hybridized carbons (Fsp3) is 0.316. The van der Waals surface area contributed by atoms with E-state index in [0.717, 1.165) is 5.56 Å². The van der Waals surface area contributed by atoms with E-state index in [1.165, 1.54) is 5.56 Å². The Morgan fingerprint density at radius 2 is 1.96 bits per heavy atom. The van der Waals surface area contributed by atoms with Gasteiger partial charge in [-0.1, -0.05) is 26.0 Å². The van der Waals surface area contributed by atoms with Gasteiger partial charge in [0, 0.05) is 6.20 Å². The number of anilines is 1. The first-order valence-electron chi connectivity index (χ1n) is 8.33. The quantitative estimate of drug-likeness (QED) is 0.772. The maximum absolute atomic E-state index is 12.4. The van der Waals surface area contributed by atoms with Crippen molar-refractivity contribution in [3.05, 3.63) is 53.7 Å². The van der Waals surface area contributed by atoms with Crippen molar-refractivity contribution in [3.8, 4) is 5.75 Å². The predicted octanol–water partition coefficient (Wildman–Crippen LogP) is 3.57. The van der Waals surface area contributed by atoms with Crippen LogP contribution in [0, 0.1) is 6.92 Å². The van der Waals surface area contributed by atoms with Crippen LogP contribution in [-0.4, -0.2) is 26.6 Å². The van der Waals surface area contributed by atoms with E-state index in [4.69, 9.17) is 4.74 Å². The molecule has 1 amide bonds. The standard InChI is InChI=1S/C19H22N4O2/c1-12(2)16-9-8-15(11-13(16)3)25-14(4)18(24)20-19-22-21-17-7-5-6-10-23(17)19/h5-12,14H,1-4H3,(H,20,22,24)/t14-/m0/s1. The summed E-state index contributed by atoms with van der Waals surface area (Å²) >= 11 is 0. The number of hydrogen-bond acceptors (Lipinski definition) is 4. The summed E-state index contributed by atoms with van der Waals surface area (Å²) in [7, 11) is 0. The molecule has 6 nitrogen and oxygen atoms in total. The Morgan fingerprint density at radius 1 is 1.16 bits per heavy atom. The van der Waals surface area contributed by atoms with Gasteiger partial charge in [-0.25, -0.2) is 0 Å². The SMILES string of the molecule is Cc1cc(O[C@@H](C)C(=O)Nc2nnc3ccccn23)ccc1C(C)C. The molecule has 2 heterocycles. The van der Waals surface area contributed by atoms with Crippen molar-refractivity contribution in [2.24, 2.45) is 0 Å². The van der Waals surface area contributed by atoms with E-state index in [0.29, 0.717) is 23.3 Å². The van der Waals surface area contributed by atoms with Crippen molar-refractivity contribution in [1.82, 2.24) is 14.6 Å². The van der Waals surface area contributed by atoms with Crippen molar-refractivity contribution in [1.29, 1.82) is 0 Å². The molecule has 0 fully saturated rings. The highest BCUT2D eigenvalue weighted by molar-refractivity contribution is 5.92. The number of pyridine rings is 1. The average molecular weight is 338 g/mol. The van der Waals surface area contributed by atoms with Crippen LogP contribution in [-0.2, 0) is 4.79 Å². The van der Waals surface area contributed by atoms with Gasteiger partial charge in [-0.2, -0.15) is 0 Å². The number of aryl methyl sites for hydroxylation is 1. The van der Waals surface area contributed by atoms with E-state index in [9.17, 15) is 4.79 Å². The number of rotatable bonds is 5. The minimum Gasteiger partial charge on any atom is -0.481 e. The Bertz CT molecular complexity index is 901. The van der Waals surface area contributed by atoms with Crippen molar-refractivity contribution in [2.45, 2.75) is 39.7 Å². The van der Waals surface area contributed by atoms with Crippen LogP contribution in [0.5, 0.6) is 5.75 Å². The van der Waals surface area contributed by atoms with E-state index in [1.807, 2.05) is 36.4 Å². The zero-order chi connectivity index (χ0) is 18.0. The van der Waals surface area contributed by atoms with Crippen LogP contribution in [0.4, 0.5) is 5.95 Å². The van der Waals surface area contributed by atoms with Gasteiger partial charge >= 0.3 is 0 Å². The topological polar surface area (TPSA) is 68.5 Å². The maximum Gasteiger partial charge on any atom is 0.267 e. The van der Waals surface area contributed by atoms with Gasteiger partial charge in [0.2, 0.25) is 5.95 Å². The molecule has 1 atom stereocenters. The van der Waals surface area contributed by atoms with Crippen molar-refractivity contribution in [3.63, 3.8) is 0 Å². The summed E-state index contributed by atoms with van der Waals surface area (Å²) in [5, 5.41) is 10.8. The van der Waals surface area contributed by atoms with Crippen LogP contribution in [0.25, 0.3) is 5.65 Å². The zero-order valence-electron chi connectivity index (χ0n) is 14.9. The smallest absolute Gasteiger partial charge is 0.267 e. The van der Waals surface area contributed by atoms with Crippen LogP contribution in [0.2, 0.25) is 0 Å². The predicted molar refractivity (Wildman–Crippen MR) is 97.0 cm³/mol. The number of fused-ring (bicyclic) bond motifs is 1. The second-order valence-electron chi connectivity index (χ2n) is 6.37. The molecule has 0 unspecified atom stereocenters. The summed E-state index contributed by atoms with van der Waals surface area (Å²) in [4.78, 5) is 12.4. The summed E-state index contributed by atoms with van der Waals surface area (Å²) in [6, 6.07) is 11.5. The number of carbonyl (C=O) groups excluding carboxylic acids is 1. The number of nitrogens with one attached hydrogen (secondary N) is 1. The monoisotopic (exact) mass is 338 g/mol. The zero-order valence-corrected chi connectivity index (χ0v) is 14.9. The third kappa shape index (κ3) is 3.63. The van der Waals surface area contributed by atoms with Crippen LogP contribution in [0.1, 0.15) is 37.8 Å². The Labute approximate surface area is 146 Å². The van der Waals surface area contributed by atoms with Crippen molar-refractivity contribution < 1.29 is 9.53 Å². The summed E-state index contributed by atoms with van der Waals surface area (Å²) in [5.74, 6) is 1.23. The molecule has 2 aromatic heterocycles. The molecule has 0 spiro atoms. The highest BCUT2D eigenvalue weighted by atomic mass is 16.5. The first-order valence-corrected chi connectivity index (χ1v) is 8.33. The molecule has 0 radical (unpaired) electrons. The molecular formula is C19H22N4O2. The number of hydrogen-bond donors (Lipinski definition) is 1. The second kappa shape index (κ2) is 6.93. The lowest BCUT2D eigenvalue weighted by atomic mass is 9.98. The number of benzene rings is 1. The second-order valence-corrected chi connectivity index (χ2v) is 6.37. The number of amides is 1. The highest BCUT2D eigenvalue weighted by Gasteiger charge is 2.18. The lowest BCUT2D eigenvalue weighted by Gasteiger charge is -2.16. The molecule has 1 N–H and O–H groups in total. The van der Waals surface area contributed by atoms with E-state index >= 15 is 0 Å². The summed E-state index contributed by atoms with van der Waals surface area (Å²) in [6.45, 7) is 8.07. The summed E-state index contributed by atoms with van der Waals surface area (Å²) in [6.07, 6.45) is 1.14. The number of aromatic nitrogens is 3. The van der Waals surface area contributed by atoms with Crippen molar-refractivity contribution >= 4 is 17.5 Å². The normalized spacial score (nSPS) is 12.4. The van der Waals surface area contributed by atoms with Gasteiger partial charge in [0.05, 0.1) is 0 Å². The van der Waals surface area contributed by atoms with Gasteiger partial charge in [-0.05, 0) is 55.2 Å². The molecule has 6 heteroatoms. The van der Waals surface area contributed by atoms with E-state index in [2.05, 4.69) is 36.3 Å². The summed E-state index contributed by atoms with van der Waals surface area (Å²) < 4.78 is 7.50. The number of ether oxygens (including phenoxy) is 1. The molecule has 130 valence electrons. The minimum absolute atomic E-state index is 0.274. The van der Waals surface area contributed by atoms with Gasteiger partial charge in [0.1, 0.15) is 5.75 Å². The van der Waals surface area contributed by atoms with Crippen LogP contribution < -0.4 is 10.1 Å². The molecule has 0 aliphatic heterocycles.